The van der Waals surface area contributed by atoms with Crippen molar-refractivity contribution in [3.8, 4) is 0 Å². The first-order valence-electron chi connectivity index (χ1n) is 10.6. The molecule has 1 spiro atoms. The summed E-state index contributed by atoms with van der Waals surface area (Å²) in [6, 6.07) is 4.30. The van der Waals surface area contributed by atoms with Crippen molar-refractivity contribution < 1.29 is 4.79 Å². The van der Waals surface area contributed by atoms with Crippen LogP contribution in [0.3, 0.4) is 0 Å². The van der Waals surface area contributed by atoms with Gasteiger partial charge in [0.2, 0.25) is 5.91 Å². The van der Waals surface area contributed by atoms with E-state index in [0.29, 0.717) is 13.0 Å². The maximum Gasteiger partial charge on any atom is 0.220 e. The van der Waals surface area contributed by atoms with Crippen LogP contribution in [-0.2, 0) is 11.3 Å². The predicted octanol–water partition coefficient (Wildman–Crippen LogP) is 1.75. The fourth-order valence-corrected chi connectivity index (χ4v) is 4.77. The van der Waals surface area contributed by atoms with E-state index in [0.717, 1.165) is 62.9 Å². The van der Waals surface area contributed by atoms with Gasteiger partial charge in [-0.15, -0.1) is 0 Å². The van der Waals surface area contributed by atoms with E-state index in [4.69, 9.17) is 0 Å². The van der Waals surface area contributed by atoms with Crippen LogP contribution in [0.25, 0.3) is 0 Å². The molecular formula is C21H32N6O. The molecule has 28 heavy (non-hydrogen) atoms. The molecule has 2 N–H and O–H groups in total. The number of nitrogens with zero attached hydrogens (tertiary/aromatic N) is 4. The minimum absolute atomic E-state index is 0.0740. The molecule has 0 bridgehead atoms. The van der Waals surface area contributed by atoms with E-state index in [1.165, 1.54) is 19.3 Å². The van der Waals surface area contributed by atoms with Crippen LogP contribution in [0.15, 0.2) is 23.3 Å². The van der Waals surface area contributed by atoms with Crippen LogP contribution < -0.4 is 15.5 Å². The number of pyridine rings is 1. The summed E-state index contributed by atoms with van der Waals surface area (Å²) in [6.45, 7) is 5.61. The maximum atomic E-state index is 11.7. The molecule has 1 amide bonds. The zero-order chi connectivity index (χ0) is 19.4. The number of aliphatic imine (C=N–C) groups is 1. The minimum atomic E-state index is 0.0740. The number of likely N-dealkylation sites (tertiary alicyclic amines) is 1. The van der Waals surface area contributed by atoms with Crippen LogP contribution in [0.5, 0.6) is 0 Å². The number of guanidine groups is 1. The van der Waals surface area contributed by atoms with Gasteiger partial charge in [-0.25, -0.2) is 4.98 Å². The van der Waals surface area contributed by atoms with Gasteiger partial charge >= 0.3 is 0 Å². The van der Waals surface area contributed by atoms with Crippen molar-refractivity contribution in [2.45, 2.75) is 45.1 Å². The molecule has 3 aliphatic rings. The Morgan fingerprint density at radius 2 is 2.11 bits per heavy atom. The van der Waals surface area contributed by atoms with Gasteiger partial charge in [-0.1, -0.05) is 6.07 Å². The molecule has 7 nitrogen and oxygen atoms in total. The van der Waals surface area contributed by atoms with Crippen molar-refractivity contribution >= 4 is 17.7 Å². The molecule has 1 aromatic heterocycles. The summed E-state index contributed by atoms with van der Waals surface area (Å²) in [5.41, 5.74) is 1.23. The summed E-state index contributed by atoms with van der Waals surface area (Å²) in [5, 5.41) is 6.50. The lowest BCUT2D eigenvalue weighted by Crippen LogP contribution is -2.51. The van der Waals surface area contributed by atoms with Crippen LogP contribution in [0.1, 0.15) is 44.1 Å². The normalized spacial score (nSPS) is 25.9. The van der Waals surface area contributed by atoms with Crippen molar-refractivity contribution in [3.05, 3.63) is 23.9 Å². The number of hydrogen-bond acceptors (Lipinski definition) is 4. The monoisotopic (exact) mass is 384 g/mol. The Bertz CT molecular complexity index is 712. The summed E-state index contributed by atoms with van der Waals surface area (Å²) in [6.07, 6.45) is 8.69. The van der Waals surface area contributed by atoms with Gasteiger partial charge < -0.3 is 20.4 Å². The van der Waals surface area contributed by atoms with Gasteiger partial charge in [-0.3, -0.25) is 9.79 Å². The van der Waals surface area contributed by atoms with E-state index in [1.54, 1.807) is 0 Å². The fraction of sp³-hybridized carbons (Fsp3) is 0.667. The second-order valence-electron chi connectivity index (χ2n) is 8.45. The van der Waals surface area contributed by atoms with Crippen LogP contribution >= 0.6 is 0 Å². The maximum absolute atomic E-state index is 11.7. The predicted molar refractivity (Wildman–Crippen MR) is 111 cm³/mol. The van der Waals surface area contributed by atoms with E-state index >= 15 is 0 Å². The van der Waals surface area contributed by atoms with Gasteiger partial charge in [0, 0.05) is 64.3 Å². The molecule has 1 aromatic rings. The molecular weight excluding hydrogens is 352 g/mol. The highest BCUT2D eigenvalue weighted by Crippen LogP contribution is 2.36. The van der Waals surface area contributed by atoms with Crippen molar-refractivity contribution in [2.75, 3.05) is 44.7 Å². The van der Waals surface area contributed by atoms with Gasteiger partial charge in [-0.2, -0.15) is 0 Å². The lowest BCUT2D eigenvalue weighted by molar-refractivity contribution is -0.119. The SMILES string of the molecule is CN=C(NCc1ccc(N2CCCCC2)nc1)N1CCCC2(CNC(=O)C2)C1. The Morgan fingerprint density at radius 3 is 2.79 bits per heavy atom. The van der Waals surface area contributed by atoms with E-state index < -0.39 is 0 Å². The number of amides is 1. The highest BCUT2D eigenvalue weighted by atomic mass is 16.1. The van der Waals surface area contributed by atoms with Crippen LogP contribution in [0.4, 0.5) is 5.82 Å². The molecule has 0 aliphatic carbocycles. The molecule has 1 unspecified atom stereocenters. The van der Waals surface area contributed by atoms with Crippen molar-refractivity contribution in [1.29, 1.82) is 0 Å². The third-order valence-electron chi connectivity index (χ3n) is 6.31. The second kappa shape index (κ2) is 8.37. The molecule has 7 heteroatoms. The van der Waals surface area contributed by atoms with Crippen molar-refractivity contribution in [1.82, 2.24) is 20.5 Å². The molecule has 0 saturated carbocycles. The standard InChI is InChI=1S/C21H32N6O/c1-22-20(27-11-5-8-21(16-27)12-19(28)25-15-21)24-14-17-6-7-18(23-13-17)26-9-3-2-4-10-26/h6-7,13H,2-5,8-12,14-16H2,1H3,(H,22,24)(H,25,28). The second-order valence-corrected chi connectivity index (χ2v) is 8.45. The quantitative estimate of drug-likeness (QED) is 0.614. The molecule has 3 saturated heterocycles. The summed E-state index contributed by atoms with van der Waals surface area (Å²) < 4.78 is 0. The lowest BCUT2D eigenvalue weighted by atomic mass is 9.79. The Hall–Kier alpha value is -2.31. The average molecular weight is 385 g/mol. The number of carbonyl (C=O) groups is 1. The molecule has 3 fully saturated rings. The highest BCUT2D eigenvalue weighted by molar-refractivity contribution is 5.81. The van der Waals surface area contributed by atoms with Crippen molar-refractivity contribution in [3.63, 3.8) is 0 Å². The topological polar surface area (TPSA) is 72.9 Å². The first-order valence-corrected chi connectivity index (χ1v) is 10.6. The molecule has 152 valence electrons. The van der Waals surface area contributed by atoms with Crippen LogP contribution in [-0.4, -0.2) is 61.5 Å². The first-order chi connectivity index (χ1) is 13.7. The van der Waals surface area contributed by atoms with E-state index in [2.05, 4.69) is 42.5 Å². The van der Waals surface area contributed by atoms with E-state index in [-0.39, 0.29) is 11.3 Å². The van der Waals surface area contributed by atoms with Crippen LogP contribution in [0, 0.1) is 5.41 Å². The van der Waals surface area contributed by atoms with E-state index in [1.807, 2.05) is 13.2 Å². The number of rotatable bonds is 3. The van der Waals surface area contributed by atoms with Gasteiger partial charge in [-0.05, 0) is 43.7 Å². The zero-order valence-electron chi connectivity index (χ0n) is 16.9. The number of hydrogen-bond donors (Lipinski definition) is 2. The molecule has 3 aliphatic heterocycles. The Labute approximate surface area is 167 Å². The summed E-state index contributed by atoms with van der Waals surface area (Å²) >= 11 is 0. The Kier molecular flexibility index (Phi) is 5.69. The smallest absolute Gasteiger partial charge is 0.220 e. The lowest BCUT2D eigenvalue weighted by Gasteiger charge is -2.40. The van der Waals surface area contributed by atoms with Gasteiger partial charge in [0.15, 0.2) is 5.96 Å². The summed E-state index contributed by atoms with van der Waals surface area (Å²) in [4.78, 5) is 25.6. The third-order valence-corrected chi connectivity index (χ3v) is 6.31. The van der Waals surface area contributed by atoms with Gasteiger partial charge in [0.05, 0.1) is 0 Å². The molecule has 0 radical (unpaired) electrons. The van der Waals surface area contributed by atoms with Gasteiger partial charge in [0.25, 0.3) is 0 Å². The highest BCUT2D eigenvalue weighted by Gasteiger charge is 2.42. The summed E-state index contributed by atoms with van der Waals surface area (Å²) in [7, 11) is 1.83. The molecule has 0 aromatic carbocycles. The summed E-state index contributed by atoms with van der Waals surface area (Å²) in [5.74, 6) is 2.19. The number of piperidine rings is 2. The number of carbonyl (C=O) groups excluding carboxylic acids is 1. The van der Waals surface area contributed by atoms with Crippen LogP contribution in [0.2, 0.25) is 0 Å². The number of aromatic nitrogens is 1. The fourth-order valence-electron chi connectivity index (χ4n) is 4.77. The van der Waals surface area contributed by atoms with Crippen molar-refractivity contribution in [2.24, 2.45) is 10.4 Å². The number of anilines is 1. The minimum Gasteiger partial charge on any atom is -0.357 e. The van der Waals surface area contributed by atoms with E-state index in [9.17, 15) is 4.79 Å². The zero-order valence-corrected chi connectivity index (χ0v) is 16.9. The number of nitrogens with one attached hydrogen (secondary N) is 2. The Balaban J connectivity index is 1.33. The first kappa shape index (κ1) is 19.0. The molecule has 1 atom stereocenters. The molecule has 4 rings (SSSR count). The van der Waals surface area contributed by atoms with Gasteiger partial charge in [0.1, 0.15) is 5.82 Å². The Morgan fingerprint density at radius 1 is 1.25 bits per heavy atom. The average Bonchev–Trinajstić information content (AvgIpc) is 3.09. The molecule has 4 heterocycles. The third kappa shape index (κ3) is 4.23. The largest absolute Gasteiger partial charge is 0.357 e.